The predicted octanol–water partition coefficient (Wildman–Crippen LogP) is 0.398. The Morgan fingerprint density at radius 1 is 1.47 bits per heavy atom. The minimum atomic E-state index is -1.39. The summed E-state index contributed by atoms with van der Waals surface area (Å²) in [7, 11) is 0. The Kier molecular flexibility index (Phi) is 3.52. The van der Waals surface area contributed by atoms with Gasteiger partial charge in [-0.15, -0.1) is 0 Å². The van der Waals surface area contributed by atoms with Gasteiger partial charge in [-0.25, -0.2) is 9.78 Å². The maximum atomic E-state index is 10.9. The van der Waals surface area contributed by atoms with Crippen LogP contribution in [-0.2, 0) is 21.7 Å². The molecule has 1 heterocycles. The molecule has 0 aliphatic rings. The van der Waals surface area contributed by atoms with Crippen molar-refractivity contribution in [2.45, 2.75) is 33.0 Å². The number of rotatable bonds is 4. The van der Waals surface area contributed by atoms with Gasteiger partial charge in [-0.05, 0) is 13.8 Å². The first-order chi connectivity index (χ1) is 7.71. The molecule has 1 aromatic rings. The predicted molar refractivity (Wildman–Crippen MR) is 56.3 cm³/mol. The number of imidazole rings is 1. The zero-order chi connectivity index (χ0) is 13.2. The lowest BCUT2D eigenvalue weighted by Gasteiger charge is -2.14. The molecule has 0 aromatic carbocycles. The number of H-pyrrole nitrogens is 1. The van der Waals surface area contributed by atoms with E-state index in [0.717, 1.165) is 0 Å². The average molecular weight is 242 g/mol. The summed E-state index contributed by atoms with van der Waals surface area (Å²) in [6.45, 7) is 3.92. The number of nitrogens with zero attached hydrogens (tertiary/aromatic N) is 1. The van der Waals surface area contributed by atoms with Crippen LogP contribution in [0.2, 0.25) is 0 Å². The van der Waals surface area contributed by atoms with E-state index in [4.69, 9.17) is 5.11 Å². The van der Waals surface area contributed by atoms with E-state index in [1.165, 1.54) is 20.8 Å². The molecule has 0 aliphatic heterocycles. The van der Waals surface area contributed by atoms with Gasteiger partial charge < -0.3 is 19.9 Å². The number of carboxylic acid groups (broad SMARTS) is 1. The average Bonchev–Trinajstić information content (AvgIpc) is 2.57. The fourth-order valence-electron chi connectivity index (χ4n) is 1.26. The first-order valence-electron chi connectivity index (χ1n) is 4.90. The van der Waals surface area contributed by atoms with Gasteiger partial charge in [0, 0.05) is 6.92 Å². The Bertz CT molecular complexity index is 444. The van der Waals surface area contributed by atoms with Crippen molar-refractivity contribution in [1.29, 1.82) is 0 Å². The lowest BCUT2D eigenvalue weighted by molar-refractivity contribution is -0.142. The first-order valence-corrected chi connectivity index (χ1v) is 4.90. The van der Waals surface area contributed by atoms with Crippen LogP contribution in [0.3, 0.4) is 0 Å². The van der Waals surface area contributed by atoms with E-state index in [9.17, 15) is 14.7 Å². The van der Waals surface area contributed by atoms with E-state index < -0.39 is 17.5 Å². The molecule has 0 saturated heterocycles. The molecule has 0 fully saturated rings. The van der Waals surface area contributed by atoms with Crippen LogP contribution in [-0.4, -0.2) is 32.1 Å². The summed E-state index contributed by atoms with van der Waals surface area (Å²) < 4.78 is 4.68. The largest absolute Gasteiger partial charge is 0.477 e. The molecule has 0 unspecified atom stereocenters. The van der Waals surface area contributed by atoms with Gasteiger partial charge in [0.15, 0.2) is 5.69 Å². The number of carbonyl (C=O) groups is 2. The lowest BCUT2D eigenvalue weighted by atomic mass is 10.0. The van der Waals surface area contributed by atoms with Crippen LogP contribution in [0.1, 0.15) is 42.8 Å². The summed E-state index contributed by atoms with van der Waals surface area (Å²) in [6.07, 6.45) is 0. The van der Waals surface area contributed by atoms with E-state index in [1.807, 2.05) is 0 Å². The minimum absolute atomic E-state index is 0.00662. The SMILES string of the molecule is CC(=O)OCc1nc(C(C)(C)O)c(C(=O)O)[nH]1. The molecule has 1 aromatic heterocycles. The van der Waals surface area contributed by atoms with Gasteiger partial charge in [0.25, 0.3) is 0 Å². The van der Waals surface area contributed by atoms with E-state index in [1.54, 1.807) is 0 Å². The Balaban J connectivity index is 3.04. The normalized spacial score (nSPS) is 11.3. The van der Waals surface area contributed by atoms with Gasteiger partial charge in [-0.1, -0.05) is 0 Å². The summed E-state index contributed by atoms with van der Waals surface area (Å²) in [5.74, 6) is -1.55. The number of nitrogens with one attached hydrogen (secondary N) is 1. The highest BCUT2D eigenvalue weighted by atomic mass is 16.5. The summed E-state index contributed by atoms with van der Waals surface area (Å²) in [5, 5.41) is 18.7. The summed E-state index contributed by atoms with van der Waals surface area (Å²) in [4.78, 5) is 27.9. The minimum Gasteiger partial charge on any atom is -0.477 e. The molecule has 0 amide bonds. The number of aromatic nitrogens is 2. The van der Waals surface area contributed by atoms with Crippen LogP contribution in [0.5, 0.6) is 0 Å². The molecular formula is C10H14N2O5. The van der Waals surface area contributed by atoms with Crippen LogP contribution in [0.4, 0.5) is 0 Å². The highest BCUT2D eigenvalue weighted by Crippen LogP contribution is 2.21. The van der Waals surface area contributed by atoms with Crippen molar-refractivity contribution in [3.63, 3.8) is 0 Å². The molecular weight excluding hydrogens is 228 g/mol. The third-order valence-corrected chi connectivity index (χ3v) is 1.96. The first kappa shape index (κ1) is 13.2. The molecule has 0 spiro atoms. The van der Waals surface area contributed by atoms with Crippen LogP contribution in [0.15, 0.2) is 0 Å². The molecule has 94 valence electrons. The van der Waals surface area contributed by atoms with Gasteiger partial charge in [0.2, 0.25) is 0 Å². The molecule has 0 bridgehead atoms. The standard InChI is InChI=1S/C10H14N2O5/c1-5(13)17-4-6-11-7(9(14)15)8(12-6)10(2,3)16/h16H,4H2,1-3H3,(H,11,12)(H,14,15). The molecule has 0 aliphatic carbocycles. The van der Waals surface area contributed by atoms with E-state index in [-0.39, 0.29) is 23.8 Å². The summed E-state index contributed by atoms with van der Waals surface area (Å²) in [6, 6.07) is 0. The number of hydrogen-bond donors (Lipinski definition) is 3. The molecule has 0 radical (unpaired) electrons. The van der Waals surface area contributed by atoms with Crippen molar-refractivity contribution in [1.82, 2.24) is 9.97 Å². The topological polar surface area (TPSA) is 113 Å². The number of carbonyl (C=O) groups excluding carboxylic acids is 1. The molecule has 1 rings (SSSR count). The monoisotopic (exact) mass is 242 g/mol. The van der Waals surface area contributed by atoms with Crippen molar-refractivity contribution < 1.29 is 24.5 Å². The highest BCUT2D eigenvalue weighted by Gasteiger charge is 2.28. The Morgan fingerprint density at radius 2 is 2.06 bits per heavy atom. The summed E-state index contributed by atoms with van der Waals surface area (Å²) >= 11 is 0. The van der Waals surface area contributed by atoms with Crippen molar-refractivity contribution in [2.24, 2.45) is 0 Å². The zero-order valence-electron chi connectivity index (χ0n) is 9.77. The molecule has 7 nitrogen and oxygen atoms in total. The van der Waals surface area contributed by atoms with Gasteiger partial charge in [-0.3, -0.25) is 4.79 Å². The maximum absolute atomic E-state index is 10.9. The smallest absolute Gasteiger partial charge is 0.354 e. The van der Waals surface area contributed by atoms with E-state index >= 15 is 0 Å². The lowest BCUT2D eigenvalue weighted by Crippen LogP contribution is -2.20. The number of hydrogen-bond acceptors (Lipinski definition) is 5. The molecule has 7 heteroatoms. The quantitative estimate of drug-likeness (QED) is 0.659. The third-order valence-electron chi connectivity index (χ3n) is 1.96. The van der Waals surface area contributed by atoms with Crippen LogP contribution in [0.25, 0.3) is 0 Å². The van der Waals surface area contributed by atoms with Gasteiger partial charge in [-0.2, -0.15) is 0 Å². The number of esters is 1. The molecule has 0 atom stereocenters. The highest BCUT2D eigenvalue weighted by molar-refractivity contribution is 5.87. The molecule has 3 N–H and O–H groups in total. The zero-order valence-corrected chi connectivity index (χ0v) is 9.77. The van der Waals surface area contributed by atoms with Crippen LogP contribution < -0.4 is 0 Å². The van der Waals surface area contributed by atoms with Crippen LogP contribution >= 0.6 is 0 Å². The fourth-order valence-corrected chi connectivity index (χ4v) is 1.26. The van der Waals surface area contributed by atoms with Crippen molar-refractivity contribution in [2.75, 3.05) is 0 Å². The Labute approximate surface area is 97.4 Å². The number of carboxylic acids is 1. The molecule has 0 saturated carbocycles. The maximum Gasteiger partial charge on any atom is 0.354 e. The number of ether oxygens (including phenoxy) is 1. The van der Waals surface area contributed by atoms with Crippen LogP contribution in [0, 0.1) is 0 Å². The van der Waals surface area contributed by atoms with E-state index in [0.29, 0.717) is 0 Å². The second-order valence-electron chi connectivity index (χ2n) is 4.05. The Morgan fingerprint density at radius 3 is 2.41 bits per heavy atom. The van der Waals surface area contributed by atoms with Gasteiger partial charge in [0.05, 0.1) is 0 Å². The number of aliphatic hydroxyl groups is 1. The number of aromatic amines is 1. The van der Waals surface area contributed by atoms with Crippen molar-refractivity contribution in [3.05, 3.63) is 17.2 Å². The fraction of sp³-hybridized carbons (Fsp3) is 0.500. The second-order valence-corrected chi connectivity index (χ2v) is 4.05. The van der Waals surface area contributed by atoms with Crippen molar-refractivity contribution >= 4 is 11.9 Å². The number of aromatic carboxylic acids is 1. The second kappa shape index (κ2) is 4.54. The Hall–Kier alpha value is -1.89. The molecule has 17 heavy (non-hydrogen) atoms. The van der Waals surface area contributed by atoms with Gasteiger partial charge in [0.1, 0.15) is 23.7 Å². The van der Waals surface area contributed by atoms with E-state index in [2.05, 4.69) is 14.7 Å². The van der Waals surface area contributed by atoms with Crippen molar-refractivity contribution in [3.8, 4) is 0 Å². The van der Waals surface area contributed by atoms with Gasteiger partial charge >= 0.3 is 11.9 Å². The third kappa shape index (κ3) is 3.28. The summed E-state index contributed by atoms with van der Waals surface area (Å²) in [5.41, 5.74) is -1.59.